The number of likely N-dealkylation sites (N-methyl/N-ethyl adjacent to an activating group) is 2. The van der Waals surface area contributed by atoms with Crippen molar-refractivity contribution in [2.45, 2.75) is 56.6 Å². The molecule has 0 saturated heterocycles. The summed E-state index contributed by atoms with van der Waals surface area (Å²) in [4.78, 5) is 8.89. The molecule has 4 aromatic rings. The minimum absolute atomic E-state index is 0.0874. The van der Waals surface area contributed by atoms with Crippen molar-refractivity contribution in [3.8, 4) is 5.75 Å². The van der Waals surface area contributed by atoms with Gasteiger partial charge in [-0.1, -0.05) is 56.3 Å². The lowest BCUT2D eigenvalue weighted by Gasteiger charge is -2.50. The van der Waals surface area contributed by atoms with Gasteiger partial charge in [-0.05, 0) is 67.4 Å². The molecule has 0 unspecified atom stereocenters. The molecule has 0 N–H and O–H groups in total. The van der Waals surface area contributed by atoms with E-state index in [0.717, 1.165) is 29.1 Å². The molecule has 0 bridgehead atoms. The Morgan fingerprint density at radius 1 is 0.833 bits per heavy atom. The summed E-state index contributed by atoms with van der Waals surface area (Å²) in [6.45, 7) is 9.30. The van der Waals surface area contributed by atoms with Crippen LogP contribution in [0.5, 0.6) is 5.75 Å². The first kappa shape index (κ1) is 26.4. The van der Waals surface area contributed by atoms with E-state index in [1.54, 1.807) is 12.4 Å². The lowest BCUT2D eigenvalue weighted by molar-refractivity contribution is -0.0105. The Morgan fingerprint density at radius 2 is 1.55 bits per heavy atom. The molecular formula is C36H37N5O. The van der Waals surface area contributed by atoms with Gasteiger partial charge in [-0.2, -0.15) is 5.11 Å². The zero-order valence-electron chi connectivity index (χ0n) is 25.2. The van der Waals surface area contributed by atoms with Crippen molar-refractivity contribution < 1.29 is 4.74 Å². The SMILES string of the molecule is CN1/C(=C/[C@H]2C[C@]3(Oc4ccc(N=Nc5cccnc5)cc42)N(C)c2ccccc2C3(C)C)C(C)(C)c2ccccc21. The van der Waals surface area contributed by atoms with E-state index < -0.39 is 5.72 Å². The van der Waals surface area contributed by atoms with Crippen molar-refractivity contribution in [1.29, 1.82) is 0 Å². The van der Waals surface area contributed by atoms with Gasteiger partial charge >= 0.3 is 0 Å². The highest BCUT2D eigenvalue weighted by atomic mass is 16.5. The Balaban J connectivity index is 1.37. The minimum Gasteiger partial charge on any atom is -0.467 e. The Morgan fingerprint density at radius 3 is 2.26 bits per heavy atom. The zero-order valence-corrected chi connectivity index (χ0v) is 25.2. The van der Waals surface area contributed by atoms with Gasteiger partial charge in [0.15, 0.2) is 5.72 Å². The van der Waals surface area contributed by atoms with Gasteiger partial charge in [0.25, 0.3) is 0 Å². The molecule has 3 aliphatic heterocycles. The topological polar surface area (TPSA) is 53.3 Å². The van der Waals surface area contributed by atoms with Crippen LogP contribution in [0, 0.1) is 0 Å². The summed E-state index contributed by atoms with van der Waals surface area (Å²) >= 11 is 0. The van der Waals surface area contributed by atoms with Crippen molar-refractivity contribution in [3.05, 3.63) is 120 Å². The Kier molecular flexibility index (Phi) is 5.84. The maximum absolute atomic E-state index is 7.14. The molecule has 3 aromatic carbocycles. The quantitative estimate of drug-likeness (QED) is 0.237. The van der Waals surface area contributed by atoms with E-state index in [2.05, 4.69) is 134 Å². The van der Waals surface area contributed by atoms with Gasteiger partial charge in [-0.15, -0.1) is 5.11 Å². The molecule has 0 amide bonds. The molecule has 0 aliphatic carbocycles. The molecule has 6 nitrogen and oxygen atoms in total. The second-order valence-electron chi connectivity index (χ2n) is 12.8. The van der Waals surface area contributed by atoms with Crippen LogP contribution < -0.4 is 14.5 Å². The lowest BCUT2D eigenvalue weighted by atomic mass is 9.70. The maximum atomic E-state index is 7.14. The minimum atomic E-state index is -0.557. The Hall–Kier alpha value is -4.45. The number of aromatic nitrogens is 1. The van der Waals surface area contributed by atoms with E-state index in [9.17, 15) is 0 Å². The van der Waals surface area contributed by atoms with Crippen LogP contribution in [0.1, 0.15) is 56.7 Å². The number of allylic oxidation sites excluding steroid dienone is 2. The molecule has 1 spiro atoms. The number of benzene rings is 3. The van der Waals surface area contributed by atoms with E-state index >= 15 is 0 Å². The van der Waals surface area contributed by atoms with Crippen molar-refractivity contribution in [3.63, 3.8) is 0 Å². The number of anilines is 2. The standard InChI is InChI=1S/C36H37N5O/c1-34(2)28-13-7-9-15-30(28)40(5)33(34)20-24-22-36(35(3,4)29-14-8-10-16-31(29)41(36)6)42-32-18-17-25(21-27(24)32)38-39-26-12-11-19-37-23-26/h7-21,23-24H,22H2,1-6H3/b33-20+,39-38?/t24-,36+/m0/s1. The monoisotopic (exact) mass is 555 g/mol. The zero-order chi connectivity index (χ0) is 29.3. The van der Waals surface area contributed by atoms with Crippen molar-refractivity contribution in [2.75, 3.05) is 23.9 Å². The Bertz CT molecular complexity index is 1740. The molecule has 0 saturated carbocycles. The van der Waals surface area contributed by atoms with Crippen LogP contribution in [0.2, 0.25) is 0 Å². The number of hydrogen-bond donors (Lipinski definition) is 0. The summed E-state index contributed by atoms with van der Waals surface area (Å²) in [5.74, 6) is 0.983. The number of hydrogen-bond acceptors (Lipinski definition) is 6. The van der Waals surface area contributed by atoms with Crippen LogP contribution in [0.3, 0.4) is 0 Å². The molecule has 2 atom stereocenters. The molecule has 212 valence electrons. The summed E-state index contributed by atoms with van der Waals surface area (Å²) in [5, 5.41) is 9.02. The number of azo groups is 1. The Labute approximate surface area is 248 Å². The predicted octanol–water partition coefficient (Wildman–Crippen LogP) is 8.80. The molecular weight excluding hydrogens is 518 g/mol. The van der Waals surface area contributed by atoms with E-state index in [1.165, 1.54) is 28.2 Å². The van der Waals surface area contributed by atoms with Gasteiger partial charge in [0.05, 0.1) is 17.3 Å². The molecule has 0 fully saturated rings. The second-order valence-corrected chi connectivity index (χ2v) is 12.8. The van der Waals surface area contributed by atoms with Gasteiger partial charge in [0.1, 0.15) is 11.4 Å². The van der Waals surface area contributed by atoms with Crippen molar-refractivity contribution in [1.82, 2.24) is 4.98 Å². The summed E-state index contributed by atoms with van der Waals surface area (Å²) < 4.78 is 7.14. The smallest absolute Gasteiger partial charge is 0.192 e. The fourth-order valence-corrected chi connectivity index (χ4v) is 7.49. The molecule has 3 aliphatic rings. The van der Waals surface area contributed by atoms with Crippen LogP contribution in [-0.2, 0) is 10.8 Å². The average Bonchev–Trinajstić information content (AvgIpc) is 3.29. The van der Waals surface area contributed by atoms with Crippen LogP contribution >= 0.6 is 0 Å². The van der Waals surface area contributed by atoms with Gasteiger partial charge in [-0.25, -0.2) is 0 Å². The second kappa shape index (κ2) is 9.28. The summed E-state index contributed by atoms with van der Waals surface area (Å²) in [6, 6.07) is 27.5. The van der Waals surface area contributed by atoms with Crippen molar-refractivity contribution in [2.24, 2.45) is 10.2 Å². The summed E-state index contributed by atoms with van der Waals surface area (Å²) in [5.41, 5.74) is 8.18. The van der Waals surface area contributed by atoms with Crippen LogP contribution in [0.15, 0.2) is 113 Å². The average molecular weight is 556 g/mol. The number of nitrogens with zero attached hydrogens (tertiary/aromatic N) is 5. The molecule has 4 heterocycles. The molecule has 6 heteroatoms. The van der Waals surface area contributed by atoms with E-state index in [4.69, 9.17) is 4.74 Å². The number of para-hydroxylation sites is 2. The summed E-state index contributed by atoms with van der Waals surface area (Å²) in [7, 11) is 4.37. The fourth-order valence-electron chi connectivity index (χ4n) is 7.49. The van der Waals surface area contributed by atoms with Crippen molar-refractivity contribution >= 4 is 22.7 Å². The van der Waals surface area contributed by atoms with Gasteiger partial charge in [-0.3, -0.25) is 4.98 Å². The molecule has 1 aromatic heterocycles. The third-order valence-electron chi connectivity index (χ3n) is 9.85. The van der Waals surface area contributed by atoms with Crippen LogP contribution in [0.25, 0.3) is 0 Å². The van der Waals surface area contributed by atoms with E-state index in [1.807, 2.05) is 18.2 Å². The predicted molar refractivity (Wildman–Crippen MR) is 169 cm³/mol. The third-order valence-corrected chi connectivity index (χ3v) is 9.85. The van der Waals surface area contributed by atoms with Gasteiger partial charge < -0.3 is 14.5 Å². The first-order valence-electron chi connectivity index (χ1n) is 14.7. The number of fused-ring (bicyclic) bond motifs is 3. The highest BCUT2D eigenvalue weighted by Gasteiger charge is 2.60. The molecule has 7 rings (SSSR count). The summed E-state index contributed by atoms with van der Waals surface area (Å²) in [6.07, 6.45) is 6.74. The fraction of sp³-hybridized carbons (Fsp3) is 0.306. The largest absolute Gasteiger partial charge is 0.467 e. The van der Waals surface area contributed by atoms with Gasteiger partial charge in [0.2, 0.25) is 0 Å². The van der Waals surface area contributed by atoms with Crippen LogP contribution in [-0.4, -0.2) is 24.8 Å². The number of ether oxygens (including phenoxy) is 1. The highest BCUT2D eigenvalue weighted by Crippen LogP contribution is 2.59. The number of pyridine rings is 1. The molecule has 0 radical (unpaired) electrons. The molecule has 42 heavy (non-hydrogen) atoms. The van der Waals surface area contributed by atoms with E-state index in [0.29, 0.717) is 0 Å². The maximum Gasteiger partial charge on any atom is 0.192 e. The number of rotatable bonds is 3. The first-order valence-corrected chi connectivity index (χ1v) is 14.7. The van der Waals surface area contributed by atoms with E-state index in [-0.39, 0.29) is 16.7 Å². The van der Waals surface area contributed by atoms with Gasteiger partial charge in [0, 0.05) is 60.7 Å². The first-order chi connectivity index (χ1) is 20.1. The lowest BCUT2D eigenvalue weighted by Crippen LogP contribution is -2.61. The third kappa shape index (κ3) is 3.74. The highest BCUT2D eigenvalue weighted by molar-refractivity contribution is 5.71. The normalized spacial score (nSPS) is 24.1. The van der Waals surface area contributed by atoms with Crippen LogP contribution in [0.4, 0.5) is 22.7 Å².